The fourth-order valence-corrected chi connectivity index (χ4v) is 5.37. The van der Waals surface area contributed by atoms with Gasteiger partial charge < -0.3 is 10.1 Å². The Morgan fingerprint density at radius 1 is 0.865 bits per heavy atom. The summed E-state index contributed by atoms with van der Waals surface area (Å²) in [5.41, 5.74) is 2.37. The minimum Gasteiger partial charge on any atom is -0.465 e. The molecule has 1 unspecified atom stereocenters. The number of thiophene rings is 1. The highest BCUT2D eigenvalue weighted by Gasteiger charge is 2.43. The Kier molecular flexibility index (Phi) is 6.66. The zero-order valence-corrected chi connectivity index (χ0v) is 20.7. The van der Waals surface area contributed by atoms with Crippen LogP contribution >= 0.6 is 11.3 Å². The number of fused-ring (bicyclic) bond motifs is 1. The Morgan fingerprint density at radius 3 is 2.03 bits per heavy atom. The van der Waals surface area contributed by atoms with E-state index < -0.39 is 29.7 Å². The van der Waals surface area contributed by atoms with Crippen LogP contribution in [0.3, 0.4) is 0 Å². The second-order valence-electron chi connectivity index (χ2n) is 8.43. The van der Waals surface area contributed by atoms with Gasteiger partial charge in [-0.3, -0.25) is 19.3 Å². The molecule has 0 fully saturated rings. The number of nitrogens with zero attached hydrogens (tertiary/aromatic N) is 1. The van der Waals surface area contributed by atoms with Gasteiger partial charge in [0.05, 0.1) is 23.8 Å². The first-order valence-corrected chi connectivity index (χ1v) is 12.4. The molecule has 7 nitrogen and oxygen atoms in total. The summed E-state index contributed by atoms with van der Waals surface area (Å²) < 4.78 is 4.94. The summed E-state index contributed by atoms with van der Waals surface area (Å²) in [5.74, 6) is -2.24. The van der Waals surface area contributed by atoms with Crippen LogP contribution in [0.2, 0.25) is 0 Å². The van der Waals surface area contributed by atoms with Gasteiger partial charge in [0, 0.05) is 11.3 Å². The first-order valence-electron chi connectivity index (χ1n) is 11.6. The van der Waals surface area contributed by atoms with E-state index in [-0.39, 0.29) is 28.1 Å². The van der Waals surface area contributed by atoms with Gasteiger partial charge >= 0.3 is 5.97 Å². The monoisotopic (exact) mass is 510 g/mol. The third-order valence-electron chi connectivity index (χ3n) is 6.14. The second kappa shape index (κ2) is 10.2. The molecule has 1 aromatic heterocycles. The average Bonchev–Trinajstić information content (AvgIpc) is 3.47. The van der Waals surface area contributed by atoms with Gasteiger partial charge in [-0.25, -0.2) is 4.79 Å². The lowest BCUT2D eigenvalue weighted by Crippen LogP contribution is -2.48. The predicted molar refractivity (Wildman–Crippen MR) is 141 cm³/mol. The van der Waals surface area contributed by atoms with E-state index in [4.69, 9.17) is 4.74 Å². The first kappa shape index (κ1) is 24.1. The summed E-state index contributed by atoms with van der Waals surface area (Å²) in [4.78, 5) is 54.6. The molecule has 0 bridgehead atoms. The summed E-state index contributed by atoms with van der Waals surface area (Å²) in [6, 6.07) is 25.6. The molecule has 8 heteroatoms. The summed E-state index contributed by atoms with van der Waals surface area (Å²) in [5, 5.41) is 3.10. The molecule has 2 heterocycles. The van der Waals surface area contributed by atoms with Gasteiger partial charge in [-0.1, -0.05) is 72.8 Å². The summed E-state index contributed by atoms with van der Waals surface area (Å²) in [6.07, 6.45) is 0.114. The van der Waals surface area contributed by atoms with E-state index >= 15 is 0 Å². The molecule has 37 heavy (non-hydrogen) atoms. The third-order valence-corrected chi connectivity index (χ3v) is 7.24. The van der Waals surface area contributed by atoms with Crippen LogP contribution in [0.5, 0.6) is 0 Å². The number of carbonyl (C=O) groups is 4. The summed E-state index contributed by atoms with van der Waals surface area (Å²) in [7, 11) is 1.27. The number of nitrogens with one attached hydrogen (secondary N) is 1. The second-order valence-corrected chi connectivity index (χ2v) is 9.48. The molecule has 1 aliphatic rings. The first-order chi connectivity index (χ1) is 18.0. The summed E-state index contributed by atoms with van der Waals surface area (Å²) in [6.45, 7) is 0. The lowest BCUT2D eigenvalue weighted by atomic mass is 10.0. The zero-order chi connectivity index (χ0) is 25.9. The molecule has 184 valence electrons. The lowest BCUT2D eigenvalue weighted by molar-refractivity contribution is -0.119. The van der Waals surface area contributed by atoms with Gasteiger partial charge in [-0.15, -0.1) is 11.3 Å². The number of carbonyl (C=O) groups excluding carboxylic acids is 4. The van der Waals surface area contributed by atoms with Gasteiger partial charge in [0.2, 0.25) is 5.91 Å². The SMILES string of the molecule is COC(=O)c1cc(-c2ccccc2)sc1NC(=O)C(Cc1ccccc1)N1C(=O)c2ccccc2C1=O. The fourth-order valence-electron chi connectivity index (χ4n) is 4.31. The number of ether oxygens (including phenoxy) is 1. The quantitative estimate of drug-likeness (QED) is 0.278. The minimum atomic E-state index is -1.14. The Balaban J connectivity index is 1.51. The number of methoxy groups -OCH3 is 1. The molecule has 1 aliphatic heterocycles. The Labute approximate surface area is 217 Å². The van der Waals surface area contributed by atoms with E-state index in [0.717, 1.165) is 20.9 Å². The molecule has 0 saturated carbocycles. The Morgan fingerprint density at radius 2 is 1.43 bits per heavy atom. The van der Waals surface area contributed by atoms with Gasteiger partial charge in [-0.05, 0) is 29.3 Å². The number of anilines is 1. The molecule has 1 atom stereocenters. The average molecular weight is 511 g/mol. The van der Waals surface area contributed by atoms with Gasteiger partial charge in [0.15, 0.2) is 0 Å². The van der Waals surface area contributed by atoms with Crippen molar-refractivity contribution in [2.75, 3.05) is 12.4 Å². The largest absolute Gasteiger partial charge is 0.465 e. The van der Waals surface area contributed by atoms with Crippen molar-refractivity contribution < 1.29 is 23.9 Å². The van der Waals surface area contributed by atoms with Crippen LogP contribution in [-0.4, -0.2) is 41.7 Å². The molecule has 0 spiro atoms. The van der Waals surface area contributed by atoms with E-state index in [1.165, 1.54) is 18.4 Å². The van der Waals surface area contributed by atoms with Crippen molar-refractivity contribution in [3.63, 3.8) is 0 Å². The van der Waals surface area contributed by atoms with Crippen molar-refractivity contribution in [2.24, 2.45) is 0 Å². The Bertz CT molecular complexity index is 1460. The zero-order valence-electron chi connectivity index (χ0n) is 19.8. The third kappa shape index (κ3) is 4.66. The number of rotatable bonds is 7. The van der Waals surface area contributed by atoms with E-state index in [0.29, 0.717) is 0 Å². The molecular weight excluding hydrogens is 488 g/mol. The van der Waals surface area contributed by atoms with Crippen LogP contribution in [0.4, 0.5) is 5.00 Å². The van der Waals surface area contributed by atoms with Crippen LogP contribution in [0, 0.1) is 0 Å². The van der Waals surface area contributed by atoms with E-state index in [2.05, 4.69) is 5.32 Å². The highest BCUT2D eigenvalue weighted by molar-refractivity contribution is 7.20. The fraction of sp³-hybridized carbons (Fsp3) is 0.103. The van der Waals surface area contributed by atoms with Crippen LogP contribution in [-0.2, 0) is 16.0 Å². The topological polar surface area (TPSA) is 92.8 Å². The number of imide groups is 1. The molecule has 0 saturated heterocycles. The van der Waals surface area contributed by atoms with Gasteiger partial charge in [0.1, 0.15) is 11.0 Å². The van der Waals surface area contributed by atoms with Crippen molar-refractivity contribution >= 4 is 40.0 Å². The highest BCUT2D eigenvalue weighted by atomic mass is 32.1. The molecule has 1 N–H and O–H groups in total. The Hall–Kier alpha value is -4.56. The van der Waals surface area contributed by atoms with Gasteiger partial charge in [0.25, 0.3) is 11.8 Å². The van der Waals surface area contributed by atoms with Crippen LogP contribution < -0.4 is 5.32 Å². The standard InChI is InChI=1S/C29H22N2O5S/c1-36-29(35)22-17-24(19-12-6-3-7-13-19)37-26(22)30-25(32)23(16-18-10-4-2-5-11-18)31-27(33)20-14-8-9-15-21(20)28(31)34/h2-15,17,23H,16H2,1H3,(H,30,32). The predicted octanol–water partition coefficient (Wildman–Crippen LogP) is 5.05. The minimum absolute atomic E-state index is 0.114. The van der Waals surface area contributed by atoms with E-state index in [9.17, 15) is 19.2 Å². The van der Waals surface area contributed by atoms with Gasteiger partial charge in [-0.2, -0.15) is 0 Å². The van der Waals surface area contributed by atoms with Crippen molar-refractivity contribution in [1.29, 1.82) is 0 Å². The normalized spacial score (nSPS) is 13.3. The molecular formula is C29H22N2O5S. The number of esters is 1. The smallest absolute Gasteiger partial charge is 0.340 e. The maximum Gasteiger partial charge on any atom is 0.340 e. The lowest BCUT2D eigenvalue weighted by Gasteiger charge is -2.25. The van der Waals surface area contributed by atoms with Crippen molar-refractivity contribution in [3.05, 3.63) is 113 Å². The number of benzene rings is 3. The van der Waals surface area contributed by atoms with Crippen molar-refractivity contribution in [2.45, 2.75) is 12.5 Å². The number of hydrogen-bond donors (Lipinski definition) is 1. The molecule has 3 aromatic carbocycles. The van der Waals surface area contributed by atoms with Crippen LogP contribution in [0.25, 0.3) is 10.4 Å². The van der Waals surface area contributed by atoms with Crippen LogP contribution in [0.15, 0.2) is 91.0 Å². The van der Waals surface area contributed by atoms with Crippen molar-refractivity contribution in [3.8, 4) is 10.4 Å². The molecule has 0 aliphatic carbocycles. The van der Waals surface area contributed by atoms with E-state index in [1.807, 2.05) is 60.7 Å². The maximum atomic E-state index is 13.8. The molecule has 5 rings (SSSR count). The number of amides is 3. The van der Waals surface area contributed by atoms with Crippen molar-refractivity contribution in [1.82, 2.24) is 4.90 Å². The molecule has 3 amide bonds. The van der Waals surface area contributed by atoms with E-state index in [1.54, 1.807) is 30.3 Å². The maximum absolute atomic E-state index is 13.8. The highest BCUT2D eigenvalue weighted by Crippen LogP contribution is 2.36. The number of hydrogen-bond acceptors (Lipinski definition) is 6. The molecule has 0 radical (unpaired) electrons. The summed E-state index contributed by atoms with van der Waals surface area (Å²) >= 11 is 1.22. The molecule has 4 aromatic rings. The van der Waals surface area contributed by atoms with Crippen LogP contribution in [0.1, 0.15) is 36.6 Å².